The molecule has 0 bridgehead atoms. The van der Waals surface area contributed by atoms with E-state index in [-0.39, 0.29) is 31.1 Å². The van der Waals surface area contributed by atoms with E-state index >= 15 is 0 Å². The van der Waals surface area contributed by atoms with Crippen LogP contribution in [-0.4, -0.2) is 26.5 Å². The topological polar surface area (TPSA) is 61.8 Å². The summed E-state index contributed by atoms with van der Waals surface area (Å²) in [6.07, 6.45) is 0.715. The molecule has 7 heteroatoms. The van der Waals surface area contributed by atoms with Crippen LogP contribution in [0.1, 0.15) is 49.6 Å². The Morgan fingerprint density at radius 1 is 1.00 bits per heavy atom. The van der Waals surface area contributed by atoms with Crippen molar-refractivity contribution >= 4 is 15.0 Å². The van der Waals surface area contributed by atoms with Crippen LogP contribution in [0.25, 0.3) is 0 Å². The largest absolute Gasteiger partial charge is 0.337 e. The highest BCUT2D eigenvalue weighted by Crippen LogP contribution is 2.65. The average molecular weight is 450 g/mol. The molecule has 0 radical (unpaired) electrons. The van der Waals surface area contributed by atoms with E-state index in [1.54, 1.807) is 6.66 Å². The van der Waals surface area contributed by atoms with E-state index < -0.39 is 20.4 Å². The predicted molar refractivity (Wildman–Crippen MR) is 121 cm³/mol. The van der Waals surface area contributed by atoms with Crippen LogP contribution in [0.3, 0.4) is 0 Å². The third-order valence-corrected chi connectivity index (χ3v) is 10.8. The van der Waals surface area contributed by atoms with E-state index in [4.69, 9.17) is 13.6 Å². The van der Waals surface area contributed by atoms with Gasteiger partial charge in [0, 0.05) is 12.1 Å². The highest BCUT2D eigenvalue weighted by atomic mass is 31.2. The van der Waals surface area contributed by atoms with E-state index in [1.165, 1.54) is 0 Å². The summed E-state index contributed by atoms with van der Waals surface area (Å²) in [6, 6.07) is 19.4. The van der Waals surface area contributed by atoms with Gasteiger partial charge in [0.2, 0.25) is 7.37 Å². The molecule has 1 aliphatic rings. The van der Waals surface area contributed by atoms with Crippen LogP contribution < -0.4 is 0 Å². The highest BCUT2D eigenvalue weighted by Gasteiger charge is 2.45. The molecule has 1 aliphatic heterocycles. The standard InChI is InChI=1S/C23H32O5P2/c1-5-23(16-26-29(4,24)19(2)21-12-8-6-9-13-21)17-27-30(25,28-18-23)20(3)22-14-10-7-11-15-22/h6-15,19-20H,5,16-18H2,1-4H3. The summed E-state index contributed by atoms with van der Waals surface area (Å²) >= 11 is 0. The lowest BCUT2D eigenvalue weighted by Gasteiger charge is -2.41. The molecular formula is C23H32O5P2. The first-order valence-corrected chi connectivity index (χ1v) is 14.2. The van der Waals surface area contributed by atoms with Crippen molar-refractivity contribution in [1.29, 1.82) is 0 Å². The van der Waals surface area contributed by atoms with E-state index in [0.717, 1.165) is 11.1 Å². The van der Waals surface area contributed by atoms with Crippen molar-refractivity contribution in [3.8, 4) is 0 Å². The second-order valence-corrected chi connectivity index (χ2v) is 13.5. The molecule has 164 valence electrons. The molecule has 0 spiro atoms. The molecule has 0 N–H and O–H groups in total. The van der Waals surface area contributed by atoms with Gasteiger partial charge in [-0.2, -0.15) is 0 Å². The molecule has 3 rings (SSSR count). The molecule has 0 saturated carbocycles. The first-order valence-electron chi connectivity index (χ1n) is 10.4. The van der Waals surface area contributed by atoms with Crippen LogP contribution >= 0.6 is 15.0 Å². The number of hydrogen-bond acceptors (Lipinski definition) is 5. The summed E-state index contributed by atoms with van der Waals surface area (Å²) < 4.78 is 44.3. The van der Waals surface area contributed by atoms with Crippen molar-refractivity contribution < 1.29 is 22.7 Å². The molecule has 2 aromatic rings. The fraction of sp³-hybridized carbons (Fsp3) is 0.478. The lowest BCUT2D eigenvalue weighted by molar-refractivity contribution is -0.0172. The van der Waals surface area contributed by atoms with E-state index in [1.807, 2.05) is 81.4 Å². The van der Waals surface area contributed by atoms with Crippen molar-refractivity contribution in [2.45, 2.75) is 38.5 Å². The van der Waals surface area contributed by atoms with Gasteiger partial charge in [-0.3, -0.25) is 9.13 Å². The van der Waals surface area contributed by atoms with Crippen LogP contribution in [-0.2, 0) is 22.7 Å². The number of benzene rings is 2. The fourth-order valence-electron chi connectivity index (χ4n) is 3.44. The van der Waals surface area contributed by atoms with Gasteiger partial charge in [-0.15, -0.1) is 0 Å². The Hall–Kier alpha value is -1.22. The SMILES string of the molecule is CCC1(COP(C)(=O)C(C)c2ccccc2)COP(=O)(C(C)c2ccccc2)OC1. The molecule has 2 aromatic carbocycles. The van der Waals surface area contributed by atoms with Gasteiger partial charge in [0.05, 0.1) is 31.1 Å². The van der Waals surface area contributed by atoms with Gasteiger partial charge >= 0.3 is 7.60 Å². The maximum Gasteiger partial charge on any atom is 0.337 e. The summed E-state index contributed by atoms with van der Waals surface area (Å²) in [7, 11) is -6.18. The zero-order valence-electron chi connectivity index (χ0n) is 18.2. The molecular weight excluding hydrogens is 418 g/mol. The molecule has 0 aromatic heterocycles. The van der Waals surface area contributed by atoms with Gasteiger partial charge in [-0.05, 0) is 31.4 Å². The number of hydrogen-bond donors (Lipinski definition) is 0. The minimum Gasteiger partial charge on any atom is -0.327 e. The lowest BCUT2D eigenvalue weighted by atomic mass is 9.88. The first-order chi connectivity index (χ1) is 14.2. The van der Waals surface area contributed by atoms with Gasteiger partial charge in [0.15, 0.2) is 0 Å². The smallest absolute Gasteiger partial charge is 0.327 e. The minimum atomic E-state index is -3.28. The zero-order valence-corrected chi connectivity index (χ0v) is 20.0. The Morgan fingerprint density at radius 2 is 1.50 bits per heavy atom. The second kappa shape index (κ2) is 9.51. The monoisotopic (exact) mass is 450 g/mol. The highest BCUT2D eigenvalue weighted by molar-refractivity contribution is 7.58. The zero-order chi connectivity index (χ0) is 21.8. The molecule has 1 fully saturated rings. The molecule has 30 heavy (non-hydrogen) atoms. The number of rotatable bonds is 8. The van der Waals surface area contributed by atoms with Crippen LogP contribution in [0.5, 0.6) is 0 Å². The van der Waals surface area contributed by atoms with Crippen LogP contribution in [0, 0.1) is 5.41 Å². The van der Waals surface area contributed by atoms with Crippen molar-refractivity contribution in [3.05, 3.63) is 71.8 Å². The van der Waals surface area contributed by atoms with Crippen molar-refractivity contribution in [1.82, 2.24) is 0 Å². The second-order valence-electron chi connectivity index (χ2n) is 8.30. The quantitative estimate of drug-likeness (QED) is 0.403. The van der Waals surface area contributed by atoms with Crippen molar-refractivity contribution in [2.24, 2.45) is 5.41 Å². The van der Waals surface area contributed by atoms with Gasteiger partial charge in [-0.1, -0.05) is 67.6 Å². The summed E-state index contributed by atoms with van der Waals surface area (Å²) in [5.74, 6) is 0. The molecule has 5 nitrogen and oxygen atoms in total. The third kappa shape index (κ3) is 5.15. The molecule has 1 saturated heterocycles. The molecule has 0 amide bonds. The average Bonchev–Trinajstić information content (AvgIpc) is 2.79. The van der Waals surface area contributed by atoms with Gasteiger partial charge in [0.25, 0.3) is 0 Å². The van der Waals surface area contributed by atoms with Gasteiger partial charge in [0.1, 0.15) is 0 Å². The van der Waals surface area contributed by atoms with E-state index in [9.17, 15) is 9.13 Å². The summed E-state index contributed by atoms with van der Waals surface area (Å²) in [6.45, 7) is 8.27. The third-order valence-electron chi connectivity index (χ3n) is 6.22. The summed E-state index contributed by atoms with van der Waals surface area (Å²) in [5, 5.41) is 0. The Labute approximate surface area is 180 Å². The lowest BCUT2D eigenvalue weighted by Crippen LogP contribution is -2.39. The van der Waals surface area contributed by atoms with E-state index in [0.29, 0.717) is 6.42 Å². The maximum absolute atomic E-state index is 13.3. The summed E-state index contributed by atoms with van der Waals surface area (Å²) in [4.78, 5) is 0. The van der Waals surface area contributed by atoms with Gasteiger partial charge < -0.3 is 13.6 Å². The summed E-state index contributed by atoms with van der Waals surface area (Å²) in [5.41, 5.74) is 0.904. The minimum absolute atomic E-state index is 0.206. The maximum atomic E-state index is 13.3. The fourth-order valence-corrected chi connectivity index (χ4v) is 6.87. The Bertz CT molecular complexity index is 904. The molecule has 3 atom stereocenters. The molecule has 0 aliphatic carbocycles. The molecule has 3 unspecified atom stereocenters. The van der Waals surface area contributed by atoms with Crippen molar-refractivity contribution in [3.63, 3.8) is 0 Å². The van der Waals surface area contributed by atoms with Crippen LogP contribution in [0.4, 0.5) is 0 Å². The Balaban J connectivity index is 1.65. The van der Waals surface area contributed by atoms with Crippen molar-refractivity contribution in [2.75, 3.05) is 26.5 Å². The van der Waals surface area contributed by atoms with E-state index in [2.05, 4.69) is 0 Å². The Kier molecular flexibility index (Phi) is 7.43. The Morgan fingerprint density at radius 3 is 2.00 bits per heavy atom. The van der Waals surface area contributed by atoms with Crippen LogP contribution in [0.2, 0.25) is 0 Å². The predicted octanol–water partition coefficient (Wildman–Crippen LogP) is 7.07. The normalized spacial score (nSPS) is 28.4. The molecule has 1 heterocycles. The van der Waals surface area contributed by atoms with Crippen LogP contribution in [0.15, 0.2) is 60.7 Å². The first kappa shape index (κ1) is 23.4. The van der Waals surface area contributed by atoms with Gasteiger partial charge in [-0.25, -0.2) is 0 Å².